The van der Waals surface area contributed by atoms with E-state index in [2.05, 4.69) is 48.2 Å². The molecular weight excluding hydrogens is 458 g/mol. The van der Waals surface area contributed by atoms with E-state index >= 15 is 0 Å². The van der Waals surface area contributed by atoms with Crippen LogP contribution in [0.15, 0.2) is 53.1 Å². The number of nitrogens with one attached hydrogen (secondary N) is 2. The highest BCUT2D eigenvalue weighted by Crippen LogP contribution is 2.17. The van der Waals surface area contributed by atoms with Crippen molar-refractivity contribution in [2.24, 2.45) is 0 Å². The number of carbonyl (C=O) groups excluding carboxylic acids is 1. The average molecular weight is 482 g/mol. The summed E-state index contributed by atoms with van der Waals surface area (Å²) in [5.74, 6) is 0.704. The summed E-state index contributed by atoms with van der Waals surface area (Å²) < 4.78 is 2.46. The molecule has 1 aliphatic heterocycles. The summed E-state index contributed by atoms with van der Waals surface area (Å²) in [7, 11) is 2.10. The van der Waals surface area contributed by atoms with Crippen LogP contribution in [0, 0.1) is 12.3 Å². The van der Waals surface area contributed by atoms with Crippen LogP contribution in [0.5, 0.6) is 0 Å². The van der Waals surface area contributed by atoms with Crippen molar-refractivity contribution in [3.63, 3.8) is 0 Å². The molecule has 0 atom stereocenters. The summed E-state index contributed by atoms with van der Waals surface area (Å²) in [5.41, 5.74) is 2.77. The van der Waals surface area contributed by atoms with Gasteiger partial charge in [0.1, 0.15) is 17.3 Å². The number of piperazine rings is 1. The van der Waals surface area contributed by atoms with Gasteiger partial charge in [-0.15, -0.1) is 0 Å². The first-order chi connectivity index (χ1) is 14.9. The molecule has 1 amide bonds. The molecule has 160 valence electrons. The standard InChI is InChI=1S/C22H24BrN7O/c1-15-13-19(22(31)26-20-8-5-17(23)14-25-20)30(27-15)18-6-3-16(4-7-18)21(24)29-11-9-28(2)10-12-29/h3-8,13-14,24H,9-12H2,1-2H3,(H,25,26,31). The number of halogens is 1. The van der Waals surface area contributed by atoms with Crippen LogP contribution in [0.1, 0.15) is 21.7 Å². The van der Waals surface area contributed by atoms with Gasteiger partial charge in [-0.25, -0.2) is 9.67 Å². The summed E-state index contributed by atoms with van der Waals surface area (Å²) in [6, 6.07) is 12.9. The van der Waals surface area contributed by atoms with Gasteiger partial charge in [-0.2, -0.15) is 5.10 Å². The Bertz CT molecular complexity index is 1080. The normalized spacial score (nSPS) is 14.5. The molecule has 1 aliphatic rings. The van der Waals surface area contributed by atoms with Gasteiger partial charge in [0.05, 0.1) is 11.4 Å². The smallest absolute Gasteiger partial charge is 0.275 e. The van der Waals surface area contributed by atoms with E-state index in [0.717, 1.165) is 47.6 Å². The molecule has 2 aromatic heterocycles. The van der Waals surface area contributed by atoms with E-state index in [1.165, 1.54) is 0 Å². The van der Waals surface area contributed by atoms with E-state index in [4.69, 9.17) is 5.41 Å². The van der Waals surface area contributed by atoms with Crippen molar-refractivity contribution < 1.29 is 4.79 Å². The van der Waals surface area contributed by atoms with Gasteiger partial charge in [0.2, 0.25) is 0 Å². The quantitative estimate of drug-likeness (QED) is 0.441. The fraction of sp³-hybridized carbons (Fsp3) is 0.273. The van der Waals surface area contributed by atoms with Gasteiger partial charge >= 0.3 is 0 Å². The predicted octanol–water partition coefficient (Wildman–Crippen LogP) is 3.16. The fourth-order valence-corrected chi connectivity index (χ4v) is 3.70. The summed E-state index contributed by atoms with van der Waals surface area (Å²) in [4.78, 5) is 21.4. The number of amides is 1. The maximum absolute atomic E-state index is 12.8. The lowest BCUT2D eigenvalue weighted by molar-refractivity contribution is 0.101. The molecule has 1 saturated heterocycles. The van der Waals surface area contributed by atoms with Crippen molar-refractivity contribution in [3.05, 3.63) is 70.1 Å². The Morgan fingerprint density at radius 3 is 2.45 bits per heavy atom. The zero-order valence-electron chi connectivity index (χ0n) is 17.5. The van der Waals surface area contributed by atoms with Crippen LogP contribution < -0.4 is 5.32 Å². The number of carbonyl (C=O) groups is 1. The lowest BCUT2D eigenvalue weighted by Gasteiger charge is -2.34. The molecule has 0 saturated carbocycles. The maximum Gasteiger partial charge on any atom is 0.275 e. The van der Waals surface area contributed by atoms with Crippen molar-refractivity contribution in [3.8, 4) is 5.69 Å². The molecule has 0 aliphatic carbocycles. The maximum atomic E-state index is 12.8. The van der Waals surface area contributed by atoms with Crippen LogP contribution in [-0.2, 0) is 0 Å². The Labute approximate surface area is 189 Å². The highest BCUT2D eigenvalue weighted by atomic mass is 79.9. The Morgan fingerprint density at radius 2 is 1.81 bits per heavy atom. The van der Waals surface area contributed by atoms with Crippen molar-refractivity contribution in [1.29, 1.82) is 5.41 Å². The van der Waals surface area contributed by atoms with E-state index in [9.17, 15) is 4.79 Å². The minimum atomic E-state index is -0.287. The van der Waals surface area contributed by atoms with Crippen molar-refractivity contribution in [2.75, 3.05) is 38.5 Å². The van der Waals surface area contributed by atoms with Gasteiger partial charge in [-0.3, -0.25) is 10.2 Å². The zero-order chi connectivity index (χ0) is 22.0. The van der Waals surface area contributed by atoms with E-state index in [1.807, 2.05) is 37.3 Å². The van der Waals surface area contributed by atoms with Gasteiger partial charge in [0.25, 0.3) is 5.91 Å². The number of likely N-dealkylation sites (N-methyl/N-ethyl adjacent to an activating group) is 1. The number of aromatic nitrogens is 3. The molecule has 8 nitrogen and oxygen atoms in total. The van der Waals surface area contributed by atoms with Gasteiger partial charge in [0, 0.05) is 42.4 Å². The van der Waals surface area contributed by atoms with Gasteiger partial charge in [-0.05, 0) is 72.4 Å². The predicted molar refractivity (Wildman–Crippen MR) is 124 cm³/mol. The first-order valence-corrected chi connectivity index (χ1v) is 10.8. The van der Waals surface area contributed by atoms with Crippen molar-refractivity contribution >= 4 is 33.5 Å². The minimum absolute atomic E-state index is 0.287. The van der Waals surface area contributed by atoms with Crippen molar-refractivity contribution in [1.82, 2.24) is 24.6 Å². The topological polar surface area (TPSA) is 90.1 Å². The number of pyridine rings is 1. The molecule has 3 aromatic rings. The summed E-state index contributed by atoms with van der Waals surface area (Å²) >= 11 is 3.34. The number of aryl methyl sites for hydroxylation is 1. The van der Waals surface area contributed by atoms with Crippen molar-refractivity contribution in [2.45, 2.75) is 6.92 Å². The molecule has 9 heteroatoms. The number of amidine groups is 1. The Morgan fingerprint density at radius 1 is 1.10 bits per heavy atom. The summed E-state index contributed by atoms with van der Waals surface area (Å²) in [6.07, 6.45) is 1.63. The number of rotatable bonds is 4. The zero-order valence-corrected chi connectivity index (χ0v) is 19.1. The van der Waals surface area contributed by atoms with Crippen LogP contribution in [0.4, 0.5) is 5.82 Å². The van der Waals surface area contributed by atoms with E-state index in [1.54, 1.807) is 23.0 Å². The first-order valence-electron chi connectivity index (χ1n) is 10.0. The average Bonchev–Trinajstić information content (AvgIpc) is 3.17. The molecule has 4 rings (SSSR count). The third kappa shape index (κ3) is 4.83. The van der Waals surface area contributed by atoms with E-state index in [-0.39, 0.29) is 5.91 Å². The molecule has 1 fully saturated rings. The monoisotopic (exact) mass is 481 g/mol. The molecule has 0 unspecified atom stereocenters. The molecule has 2 N–H and O–H groups in total. The SMILES string of the molecule is Cc1cc(C(=O)Nc2ccc(Br)cn2)n(-c2ccc(C(=N)N3CCN(C)CC3)cc2)n1. The molecule has 31 heavy (non-hydrogen) atoms. The van der Waals surface area contributed by atoms with E-state index in [0.29, 0.717) is 17.3 Å². The highest BCUT2D eigenvalue weighted by molar-refractivity contribution is 9.10. The second-order valence-electron chi connectivity index (χ2n) is 7.58. The molecule has 0 spiro atoms. The number of hydrogen-bond donors (Lipinski definition) is 2. The second-order valence-corrected chi connectivity index (χ2v) is 8.50. The lowest BCUT2D eigenvalue weighted by Crippen LogP contribution is -2.47. The summed E-state index contributed by atoms with van der Waals surface area (Å²) in [6.45, 7) is 5.47. The second kappa shape index (κ2) is 8.99. The molecular formula is C22H24BrN7O. The number of benzene rings is 1. The Balaban J connectivity index is 1.52. The van der Waals surface area contributed by atoms with Gasteiger partial charge < -0.3 is 15.1 Å². The van der Waals surface area contributed by atoms with E-state index < -0.39 is 0 Å². The Hall–Kier alpha value is -3.04. The lowest BCUT2D eigenvalue weighted by atomic mass is 10.1. The van der Waals surface area contributed by atoms with Crippen LogP contribution in [0.2, 0.25) is 0 Å². The fourth-order valence-electron chi connectivity index (χ4n) is 3.46. The molecule has 3 heterocycles. The number of hydrogen-bond acceptors (Lipinski definition) is 5. The van der Waals surface area contributed by atoms with Crippen LogP contribution in [0.25, 0.3) is 5.69 Å². The summed E-state index contributed by atoms with van der Waals surface area (Å²) in [5, 5.41) is 15.8. The highest BCUT2D eigenvalue weighted by Gasteiger charge is 2.19. The van der Waals surface area contributed by atoms with Crippen LogP contribution in [0.3, 0.4) is 0 Å². The molecule has 0 radical (unpaired) electrons. The minimum Gasteiger partial charge on any atom is -0.354 e. The third-order valence-corrected chi connectivity index (χ3v) is 5.71. The molecule has 1 aromatic carbocycles. The Kier molecular flexibility index (Phi) is 6.15. The largest absolute Gasteiger partial charge is 0.354 e. The van der Waals surface area contributed by atoms with Gasteiger partial charge in [0.15, 0.2) is 0 Å². The number of nitrogens with zero attached hydrogens (tertiary/aromatic N) is 5. The van der Waals surface area contributed by atoms with Crippen LogP contribution in [-0.4, -0.2) is 69.5 Å². The number of anilines is 1. The van der Waals surface area contributed by atoms with Gasteiger partial charge in [-0.1, -0.05) is 0 Å². The first kappa shape index (κ1) is 21.2. The van der Waals surface area contributed by atoms with Crippen LogP contribution >= 0.6 is 15.9 Å². The molecule has 0 bridgehead atoms. The third-order valence-electron chi connectivity index (χ3n) is 5.24.